The van der Waals surface area contributed by atoms with Gasteiger partial charge in [0.05, 0.1) is 0 Å². The van der Waals surface area contributed by atoms with Crippen molar-refractivity contribution in [3.63, 3.8) is 0 Å². The molecule has 0 aliphatic carbocycles. The molecule has 1 aliphatic rings. The third-order valence-electron chi connectivity index (χ3n) is 3.24. The predicted molar refractivity (Wildman–Crippen MR) is 57.1 cm³/mol. The van der Waals surface area contributed by atoms with Crippen LogP contribution in [-0.4, -0.2) is 20.3 Å². The van der Waals surface area contributed by atoms with Crippen molar-refractivity contribution >= 4 is 0 Å². The van der Waals surface area contributed by atoms with E-state index in [4.69, 9.17) is 4.74 Å². The molecule has 0 spiro atoms. The third kappa shape index (κ3) is 2.08. The van der Waals surface area contributed by atoms with E-state index in [1.807, 2.05) is 7.05 Å². The summed E-state index contributed by atoms with van der Waals surface area (Å²) in [5, 5.41) is 3.17. The summed E-state index contributed by atoms with van der Waals surface area (Å²) in [7, 11) is 1.81. The van der Waals surface area contributed by atoms with Crippen molar-refractivity contribution in [3.8, 4) is 0 Å². The van der Waals surface area contributed by atoms with Crippen LogP contribution < -0.4 is 5.32 Å². The van der Waals surface area contributed by atoms with E-state index in [2.05, 4.69) is 5.32 Å². The van der Waals surface area contributed by atoms with Gasteiger partial charge in [0.25, 0.3) is 0 Å². The topological polar surface area (TPSA) is 21.3 Å². The van der Waals surface area contributed by atoms with Crippen LogP contribution in [0.1, 0.15) is 18.4 Å². The molecular weight excluding hydrogens is 212 g/mol. The average molecular weight is 227 g/mol. The lowest BCUT2D eigenvalue weighted by Crippen LogP contribution is -2.44. The molecule has 0 radical (unpaired) electrons. The first kappa shape index (κ1) is 11.5. The zero-order valence-corrected chi connectivity index (χ0v) is 9.22. The normalized spacial score (nSPS) is 19.7. The SMILES string of the molecule is CNC1(c2cc(F)cc(F)c2)CCOCC1. The molecule has 0 atom stereocenters. The maximum atomic E-state index is 13.2. The number of nitrogens with one attached hydrogen (secondary N) is 1. The van der Waals surface area contributed by atoms with E-state index in [1.54, 1.807) is 0 Å². The molecule has 2 nitrogen and oxygen atoms in total. The number of benzene rings is 1. The van der Waals surface area contributed by atoms with E-state index in [0.29, 0.717) is 18.8 Å². The zero-order valence-electron chi connectivity index (χ0n) is 9.22. The summed E-state index contributed by atoms with van der Waals surface area (Å²) in [4.78, 5) is 0. The molecule has 1 N–H and O–H groups in total. The van der Waals surface area contributed by atoms with E-state index in [9.17, 15) is 8.78 Å². The molecule has 1 aromatic carbocycles. The van der Waals surface area contributed by atoms with Gasteiger partial charge in [-0.15, -0.1) is 0 Å². The van der Waals surface area contributed by atoms with Crippen molar-refractivity contribution < 1.29 is 13.5 Å². The van der Waals surface area contributed by atoms with Crippen LogP contribution in [0, 0.1) is 11.6 Å². The van der Waals surface area contributed by atoms with Crippen molar-refractivity contribution in [1.82, 2.24) is 5.32 Å². The molecule has 1 fully saturated rings. The minimum Gasteiger partial charge on any atom is -0.381 e. The summed E-state index contributed by atoms with van der Waals surface area (Å²) in [5.74, 6) is -1.06. The fourth-order valence-corrected chi connectivity index (χ4v) is 2.23. The highest BCUT2D eigenvalue weighted by Gasteiger charge is 2.33. The monoisotopic (exact) mass is 227 g/mol. The first-order valence-corrected chi connectivity index (χ1v) is 5.39. The molecule has 88 valence electrons. The third-order valence-corrected chi connectivity index (χ3v) is 3.24. The minimum atomic E-state index is -0.531. The van der Waals surface area contributed by atoms with Crippen LogP contribution in [0.25, 0.3) is 0 Å². The van der Waals surface area contributed by atoms with Gasteiger partial charge in [-0.2, -0.15) is 0 Å². The molecule has 1 aromatic rings. The first-order chi connectivity index (χ1) is 7.66. The van der Waals surface area contributed by atoms with E-state index in [0.717, 1.165) is 18.9 Å². The zero-order chi connectivity index (χ0) is 11.6. The molecule has 0 unspecified atom stereocenters. The predicted octanol–water partition coefficient (Wildman–Crippen LogP) is 2.19. The van der Waals surface area contributed by atoms with E-state index >= 15 is 0 Å². The summed E-state index contributed by atoms with van der Waals surface area (Å²) in [5.41, 5.74) is 0.303. The second kappa shape index (κ2) is 4.47. The molecule has 0 aromatic heterocycles. The largest absolute Gasteiger partial charge is 0.381 e. The van der Waals surface area contributed by atoms with Gasteiger partial charge in [0, 0.05) is 24.8 Å². The number of ether oxygens (including phenoxy) is 1. The maximum Gasteiger partial charge on any atom is 0.126 e. The first-order valence-electron chi connectivity index (χ1n) is 5.39. The fourth-order valence-electron chi connectivity index (χ4n) is 2.23. The van der Waals surface area contributed by atoms with Gasteiger partial charge in [-0.25, -0.2) is 8.78 Å². The summed E-state index contributed by atoms with van der Waals surface area (Å²) >= 11 is 0. The Labute approximate surface area is 93.6 Å². The Hall–Kier alpha value is -1.00. The molecule has 4 heteroatoms. The van der Waals surface area contributed by atoms with E-state index < -0.39 is 11.6 Å². The van der Waals surface area contributed by atoms with Crippen LogP contribution in [-0.2, 0) is 10.3 Å². The van der Waals surface area contributed by atoms with Crippen LogP contribution in [0.3, 0.4) is 0 Å². The second-order valence-corrected chi connectivity index (χ2v) is 4.10. The lowest BCUT2D eigenvalue weighted by atomic mass is 9.83. The Morgan fingerprint density at radius 1 is 1.12 bits per heavy atom. The number of hydrogen-bond acceptors (Lipinski definition) is 2. The van der Waals surface area contributed by atoms with Crippen molar-refractivity contribution in [1.29, 1.82) is 0 Å². The molecule has 0 saturated carbocycles. The standard InChI is InChI=1S/C12H15F2NO/c1-15-12(2-4-16-5-3-12)9-6-10(13)8-11(14)7-9/h6-8,15H,2-5H2,1H3. The molecule has 1 aliphatic heterocycles. The van der Waals surface area contributed by atoms with Crippen LogP contribution in [0.2, 0.25) is 0 Å². The van der Waals surface area contributed by atoms with Crippen LogP contribution >= 0.6 is 0 Å². The van der Waals surface area contributed by atoms with Crippen molar-refractivity contribution in [2.24, 2.45) is 0 Å². The van der Waals surface area contributed by atoms with Gasteiger partial charge in [0.15, 0.2) is 0 Å². The minimum absolute atomic E-state index is 0.360. The van der Waals surface area contributed by atoms with E-state index in [-0.39, 0.29) is 5.54 Å². The van der Waals surface area contributed by atoms with Gasteiger partial charge in [0.2, 0.25) is 0 Å². The van der Waals surface area contributed by atoms with Crippen LogP contribution in [0.4, 0.5) is 8.78 Å². The maximum absolute atomic E-state index is 13.2. The molecular formula is C12H15F2NO. The van der Waals surface area contributed by atoms with Crippen LogP contribution in [0.5, 0.6) is 0 Å². The quantitative estimate of drug-likeness (QED) is 0.836. The summed E-state index contributed by atoms with van der Waals surface area (Å²) in [6.45, 7) is 1.22. The molecule has 1 saturated heterocycles. The van der Waals surface area contributed by atoms with Gasteiger partial charge >= 0.3 is 0 Å². The van der Waals surface area contributed by atoms with Gasteiger partial charge in [-0.1, -0.05) is 0 Å². The second-order valence-electron chi connectivity index (χ2n) is 4.10. The average Bonchev–Trinajstić information content (AvgIpc) is 2.28. The number of rotatable bonds is 2. The lowest BCUT2D eigenvalue weighted by molar-refractivity contribution is 0.0396. The highest BCUT2D eigenvalue weighted by atomic mass is 19.1. The molecule has 0 bridgehead atoms. The van der Waals surface area contributed by atoms with Gasteiger partial charge in [-0.3, -0.25) is 0 Å². The Morgan fingerprint density at radius 2 is 1.69 bits per heavy atom. The van der Waals surface area contributed by atoms with Gasteiger partial charge in [-0.05, 0) is 37.6 Å². The molecule has 0 amide bonds. The van der Waals surface area contributed by atoms with E-state index in [1.165, 1.54) is 12.1 Å². The summed E-state index contributed by atoms with van der Waals surface area (Å²) in [6, 6.07) is 3.68. The van der Waals surface area contributed by atoms with Crippen molar-refractivity contribution in [2.45, 2.75) is 18.4 Å². The summed E-state index contributed by atoms with van der Waals surface area (Å²) < 4.78 is 31.7. The van der Waals surface area contributed by atoms with Gasteiger partial charge in [0.1, 0.15) is 11.6 Å². The lowest BCUT2D eigenvalue weighted by Gasteiger charge is -2.37. The number of hydrogen-bond donors (Lipinski definition) is 1. The van der Waals surface area contributed by atoms with Crippen LogP contribution in [0.15, 0.2) is 18.2 Å². The Kier molecular flexibility index (Phi) is 3.21. The highest BCUT2D eigenvalue weighted by molar-refractivity contribution is 5.26. The Balaban J connectivity index is 2.38. The molecule has 16 heavy (non-hydrogen) atoms. The summed E-state index contributed by atoms with van der Waals surface area (Å²) in [6.07, 6.45) is 1.46. The van der Waals surface area contributed by atoms with Gasteiger partial charge < -0.3 is 10.1 Å². The fraction of sp³-hybridized carbons (Fsp3) is 0.500. The molecule has 1 heterocycles. The molecule has 2 rings (SSSR count). The Bertz CT molecular complexity index is 355. The Morgan fingerprint density at radius 3 is 2.19 bits per heavy atom. The number of halogens is 2. The highest BCUT2D eigenvalue weighted by Crippen LogP contribution is 2.32. The van der Waals surface area contributed by atoms with Crippen molar-refractivity contribution in [2.75, 3.05) is 20.3 Å². The van der Waals surface area contributed by atoms with Crippen molar-refractivity contribution in [3.05, 3.63) is 35.4 Å². The smallest absolute Gasteiger partial charge is 0.126 e.